The maximum absolute atomic E-state index is 10.4. The van der Waals surface area contributed by atoms with Crippen LogP contribution in [0.15, 0.2) is 158 Å². The Balaban J connectivity index is 1.59. The Labute approximate surface area is 234 Å². The van der Waals surface area contributed by atoms with Crippen LogP contribution < -0.4 is 9.80 Å². The van der Waals surface area contributed by atoms with Crippen molar-refractivity contribution < 1.29 is 10.2 Å². The fraction of sp³-hybridized carbons (Fsp3) is 0. The Kier molecular flexibility index (Phi) is 6.89. The van der Waals surface area contributed by atoms with Gasteiger partial charge < -0.3 is 20.0 Å². The summed E-state index contributed by atoms with van der Waals surface area (Å²) in [6.45, 7) is 0. The van der Waals surface area contributed by atoms with Gasteiger partial charge in [-0.1, -0.05) is 84.9 Å². The molecule has 0 fully saturated rings. The zero-order valence-corrected chi connectivity index (χ0v) is 21.8. The summed E-state index contributed by atoms with van der Waals surface area (Å²) in [5.74, 6) is 0.408. The molecule has 0 aliphatic heterocycles. The molecule has 2 N–H and O–H groups in total. The van der Waals surface area contributed by atoms with Gasteiger partial charge in [-0.25, -0.2) is 0 Å². The van der Waals surface area contributed by atoms with E-state index in [1.165, 1.54) is 0 Å². The SMILES string of the molecule is Oc1cccc(N(c2ccccc2)c2ccccc2-c2ccccc2N(c2ccccc2)c2cccc(O)c2)c1. The van der Waals surface area contributed by atoms with Crippen LogP contribution in [-0.2, 0) is 0 Å². The molecule has 194 valence electrons. The van der Waals surface area contributed by atoms with Crippen molar-refractivity contribution in [2.24, 2.45) is 0 Å². The van der Waals surface area contributed by atoms with Gasteiger partial charge in [-0.2, -0.15) is 0 Å². The third kappa shape index (κ3) is 4.98. The Morgan fingerprint density at radius 3 is 1.07 bits per heavy atom. The molecule has 0 aliphatic rings. The first-order chi connectivity index (χ1) is 19.7. The van der Waals surface area contributed by atoms with Crippen LogP contribution in [-0.4, -0.2) is 10.2 Å². The Morgan fingerprint density at radius 2 is 0.675 bits per heavy atom. The summed E-state index contributed by atoms with van der Waals surface area (Å²) in [6, 6.07) is 51.5. The molecule has 0 aliphatic carbocycles. The van der Waals surface area contributed by atoms with Crippen molar-refractivity contribution in [3.63, 3.8) is 0 Å². The van der Waals surface area contributed by atoms with Crippen LogP contribution in [0, 0.1) is 0 Å². The molecule has 0 saturated heterocycles. The number of benzene rings is 6. The van der Waals surface area contributed by atoms with Gasteiger partial charge in [-0.05, 0) is 60.7 Å². The molecule has 0 spiro atoms. The highest BCUT2D eigenvalue weighted by atomic mass is 16.3. The molecule has 6 aromatic rings. The maximum Gasteiger partial charge on any atom is 0.117 e. The minimum absolute atomic E-state index is 0.204. The lowest BCUT2D eigenvalue weighted by atomic mass is 9.98. The van der Waals surface area contributed by atoms with Gasteiger partial charge in [-0.15, -0.1) is 0 Å². The van der Waals surface area contributed by atoms with E-state index in [9.17, 15) is 10.2 Å². The Bertz CT molecular complexity index is 1600. The summed E-state index contributed by atoms with van der Waals surface area (Å²) in [4.78, 5) is 4.32. The number of para-hydroxylation sites is 4. The fourth-order valence-corrected chi connectivity index (χ4v) is 5.07. The van der Waals surface area contributed by atoms with Gasteiger partial charge in [0.25, 0.3) is 0 Å². The predicted octanol–water partition coefficient (Wildman–Crippen LogP) is 9.70. The summed E-state index contributed by atoms with van der Waals surface area (Å²) in [6.07, 6.45) is 0. The molecular formula is C36H28N2O2. The van der Waals surface area contributed by atoms with Gasteiger partial charge in [0.1, 0.15) is 11.5 Å². The first-order valence-corrected chi connectivity index (χ1v) is 13.2. The highest BCUT2D eigenvalue weighted by Gasteiger charge is 2.22. The lowest BCUT2D eigenvalue weighted by Crippen LogP contribution is -2.13. The fourth-order valence-electron chi connectivity index (χ4n) is 5.07. The molecule has 0 heterocycles. The van der Waals surface area contributed by atoms with E-state index >= 15 is 0 Å². The third-order valence-corrected chi connectivity index (χ3v) is 6.78. The van der Waals surface area contributed by atoms with Crippen LogP contribution in [0.3, 0.4) is 0 Å². The smallest absolute Gasteiger partial charge is 0.117 e. The molecule has 0 radical (unpaired) electrons. The summed E-state index contributed by atoms with van der Waals surface area (Å²) >= 11 is 0. The van der Waals surface area contributed by atoms with Crippen molar-refractivity contribution >= 4 is 34.1 Å². The molecule has 0 aromatic heterocycles. The second-order valence-corrected chi connectivity index (χ2v) is 9.42. The molecule has 0 bridgehead atoms. The van der Waals surface area contributed by atoms with Gasteiger partial charge >= 0.3 is 0 Å². The molecule has 4 nitrogen and oxygen atoms in total. The van der Waals surface area contributed by atoms with E-state index in [-0.39, 0.29) is 11.5 Å². The van der Waals surface area contributed by atoms with Crippen molar-refractivity contribution in [3.8, 4) is 22.6 Å². The number of rotatable bonds is 7. The molecule has 0 unspecified atom stereocenters. The molecule has 6 aromatic carbocycles. The van der Waals surface area contributed by atoms with Crippen LogP contribution >= 0.6 is 0 Å². The minimum atomic E-state index is 0.204. The number of hydrogen-bond donors (Lipinski definition) is 2. The number of nitrogens with zero attached hydrogens (tertiary/aromatic N) is 2. The average molecular weight is 521 g/mol. The van der Waals surface area contributed by atoms with Gasteiger partial charge in [0, 0.05) is 46.0 Å². The summed E-state index contributed by atoms with van der Waals surface area (Å²) < 4.78 is 0. The van der Waals surface area contributed by atoms with Crippen molar-refractivity contribution in [2.75, 3.05) is 9.80 Å². The van der Waals surface area contributed by atoms with Crippen molar-refractivity contribution in [1.82, 2.24) is 0 Å². The third-order valence-electron chi connectivity index (χ3n) is 6.78. The predicted molar refractivity (Wildman–Crippen MR) is 165 cm³/mol. The van der Waals surface area contributed by atoms with Crippen molar-refractivity contribution in [2.45, 2.75) is 0 Å². The quantitative estimate of drug-likeness (QED) is 0.220. The van der Waals surface area contributed by atoms with E-state index in [1.807, 2.05) is 84.9 Å². The van der Waals surface area contributed by atoms with Gasteiger partial charge in [-0.3, -0.25) is 0 Å². The van der Waals surface area contributed by atoms with E-state index in [0.29, 0.717) is 0 Å². The van der Waals surface area contributed by atoms with E-state index in [1.54, 1.807) is 24.3 Å². The second-order valence-electron chi connectivity index (χ2n) is 9.42. The number of phenols is 2. The number of aromatic hydroxyl groups is 2. The summed E-state index contributed by atoms with van der Waals surface area (Å²) in [5.41, 5.74) is 7.63. The first-order valence-electron chi connectivity index (χ1n) is 13.2. The molecule has 4 heteroatoms. The summed E-state index contributed by atoms with van der Waals surface area (Å²) in [7, 11) is 0. The van der Waals surface area contributed by atoms with Crippen molar-refractivity contribution in [1.29, 1.82) is 0 Å². The highest BCUT2D eigenvalue weighted by molar-refractivity contribution is 5.95. The molecule has 40 heavy (non-hydrogen) atoms. The largest absolute Gasteiger partial charge is 0.508 e. The molecule has 0 amide bonds. The van der Waals surface area contributed by atoms with Crippen LogP contribution in [0.4, 0.5) is 34.1 Å². The van der Waals surface area contributed by atoms with E-state index in [2.05, 4.69) is 58.3 Å². The highest BCUT2D eigenvalue weighted by Crippen LogP contribution is 2.46. The van der Waals surface area contributed by atoms with Crippen LogP contribution in [0.2, 0.25) is 0 Å². The second kappa shape index (κ2) is 11.1. The monoisotopic (exact) mass is 520 g/mol. The zero-order chi connectivity index (χ0) is 27.3. The van der Waals surface area contributed by atoms with E-state index < -0.39 is 0 Å². The average Bonchev–Trinajstić information content (AvgIpc) is 2.99. The van der Waals surface area contributed by atoms with Crippen LogP contribution in [0.25, 0.3) is 11.1 Å². The molecule has 0 atom stereocenters. The van der Waals surface area contributed by atoms with Crippen molar-refractivity contribution in [3.05, 3.63) is 158 Å². The molecule has 0 saturated carbocycles. The number of anilines is 6. The van der Waals surface area contributed by atoms with E-state index in [0.717, 1.165) is 45.3 Å². The lowest BCUT2D eigenvalue weighted by Gasteiger charge is -2.31. The van der Waals surface area contributed by atoms with Crippen LogP contribution in [0.1, 0.15) is 0 Å². The number of hydrogen-bond acceptors (Lipinski definition) is 4. The zero-order valence-electron chi connectivity index (χ0n) is 21.8. The standard InChI is InChI=1S/C36H28N2O2/c39-31-19-11-17-29(25-31)37(27-13-3-1-4-14-27)35-23-9-7-21-33(35)34-22-8-10-24-36(34)38(28-15-5-2-6-16-28)30-18-12-20-32(40)26-30/h1-26,39-40H. The Hall–Kier alpha value is -5.48. The van der Waals surface area contributed by atoms with E-state index in [4.69, 9.17) is 0 Å². The summed E-state index contributed by atoms with van der Waals surface area (Å²) in [5, 5.41) is 20.8. The van der Waals surface area contributed by atoms with Crippen LogP contribution in [0.5, 0.6) is 11.5 Å². The normalized spacial score (nSPS) is 10.7. The maximum atomic E-state index is 10.4. The minimum Gasteiger partial charge on any atom is -0.508 e. The molecular weight excluding hydrogens is 492 g/mol. The number of phenolic OH excluding ortho intramolecular Hbond substituents is 2. The Morgan fingerprint density at radius 1 is 0.325 bits per heavy atom. The van der Waals surface area contributed by atoms with Gasteiger partial charge in [0.15, 0.2) is 0 Å². The van der Waals surface area contributed by atoms with Gasteiger partial charge in [0.2, 0.25) is 0 Å². The first kappa shape index (κ1) is 24.8. The van der Waals surface area contributed by atoms with Gasteiger partial charge in [0.05, 0.1) is 11.4 Å². The topological polar surface area (TPSA) is 46.9 Å². The molecule has 6 rings (SSSR count). The lowest BCUT2D eigenvalue weighted by molar-refractivity contribution is 0.475.